The number of hydrogen-bond donors (Lipinski definition) is 0. The van der Waals surface area contributed by atoms with Gasteiger partial charge in [0.05, 0.1) is 8.07 Å². The Morgan fingerprint density at radius 3 is 1.39 bits per heavy atom. The van der Waals surface area contributed by atoms with E-state index in [4.69, 9.17) is 0 Å². The van der Waals surface area contributed by atoms with E-state index < -0.39 is 8.07 Å². The first kappa shape index (κ1) is 29.7. The number of fused-ring (bicyclic) bond motifs is 2. The van der Waals surface area contributed by atoms with Crippen molar-refractivity contribution in [3.63, 3.8) is 0 Å². The molecule has 188 valence electrons. The Morgan fingerprint density at radius 2 is 1.00 bits per heavy atom. The van der Waals surface area contributed by atoms with E-state index >= 15 is 0 Å². The molecule has 0 radical (unpaired) electrons. The van der Waals surface area contributed by atoms with Gasteiger partial charge < -0.3 is 14.9 Å². The average molecular weight is 675 g/mol. The van der Waals surface area contributed by atoms with Gasteiger partial charge in [-0.15, -0.1) is 68.3 Å². The molecule has 0 heterocycles. The third-order valence-corrected chi connectivity index (χ3v) is 12.3. The van der Waals surface area contributed by atoms with Crippen molar-refractivity contribution in [3.8, 4) is 22.3 Å². The molecule has 0 bridgehead atoms. The van der Waals surface area contributed by atoms with Gasteiger partial charge in [-0.1, -0.05) is 110 Å². The first-order valence-electron chi connectivity index (χ1n) is 12.7. The molecule has 0 N–H and O–H groups in total. The molecule has 0 aromatic heterocycles. The van der Waals surface area contributed by atoms with Gasteiger partial charge in [0.1, 0.15) is 0 Å². The Hall–Kier alpha value is -2.81. The molecule has 0 saturated heterocycles. The van der Waals surface area contributed by atoms with Gasteiger partial charge in [-0.05, 0) is 11.1 Å². The molecular formula is C36H36HfSi. The topological polar surface area (TPSA) is 0 Å². The van der Waals surface area contributed by atoms with Crippen LogP contribution in [0, 0.1) is 14.9 Å². The second-order valence-corrected chi connectivity index (χ2v) is 14.2. The molecule has 0 saturated carbocycles. The van der Waals surface area contributed by atoms with Gasteiger partial charge in [0, 0.05) is 0 Å². The number of hydrogen-bond acceptors (Lipinski definition) is 0. The van der Waals surface area contributed by atoms with Crippen molar-refractivity contribution in [2.24, 2.45) is 0 Å². The molecule has 2 heteroatoms. The normalized spacial score (nSPS) is 11.0. The Balaban J connectivity index is 0.00000133. The van der Waals surface area contributed by atoms with Crippen LogP contribution in [0.3, 0.4) is 0 Å². The summed E-state index contributed by atoms with van der Waals surface area (Å²) in [4.78, 5) is 0. The first-order valence-corrected chi connectivity index (χ1v) is 15.4. The fourth-order valence-electron chi connectivity index (χ4n) is 5.80. The number of rotatable bonds is 6. The molecule has 0 aliphatic carbocycles. The molecule has 0 aliphatic rings. The first-order chi connectivity index (χ1) is 17.2. The van der Waals surface area contributed by atoms with Gasteiger partial charge in [0.15, 0.2) is 0 Å². The molecule has 6 rings (SSSR count). The largest absolute Gasteiger partial charge is 4.00 e. The maximum absolute atomic E-state index is 2.57. The molecule has 6 aromatic rings. The van der Waals surface area contributed by atoms with E-state index in [2.05, 4.69) is 135 Å². The van der Waals surface area contributed by atoms with Crippen LogP contribution in [-0.2, 0) is 25.8 Å². The van der Waals surface area contributed by atoms with Crippen LogP contribution in [0.1, 0.15) is 13.3 Å². The van der Waals surface area contributed by atoms with Crippen molar-refractivity contribution in [3.05, 3.63) is 136 Å². The van der Waals surface area contributed by atoms with E-state index in [-0.39, 0.29) is 40.7 Å². The Morgan fingerprint density at radius 1 is 0.579 bits per heavy atom. The zero-order chi connectivity index (χ0) is 23.8. The van der Waals surface area contributed by atoms with Gasteiger partial charge in [-0.3, -0.25) is 0 Å². The summed E-state index contributed by atoms with van der Waals surface area (Å²) in [5.74, 6) is 0. The van der Waals surface area contributed by atoms with Crippen LogP contribution in [0.4, 0.5) is 0 Å². The van der Waals surface area contributed by atoms with Crippen molar-refractivity contribution in [2.75, 3.05) is 0 Å². The van der Waals surface area contributed by atoms with Crippen LogP contribution in [0.5, 0.6) is 0 Å². The quantitative estimate of drug-likeness (QED) is 0.122. The summed E-state index contributed by atoms with van der Waals surface area (Å²) < 4.78 is 0. The van der Waals surface area contributed by atoms with Gasteiger partial charge in [0.25, 0.3) is 0 Å². The van der Waals surface area contributed by atoms with Crippen molar-refractivity contribution in [2.45, 2.75) is 25.9 Å². The van der Waals surface area contributed by atoms with Gasteiger partial charge in [0.2, 0.25) is 0 Å². The van der Waals surface area contributed by atoms with E-state index in [1.807, 2.05) is 0 Å². The predicted octanol–water partition coefficient (Wildman–Crippen LogP) is 9.27. The molecule has 38 heavy (non-hydrogen) atoms. The standard InChI is InChI=1S/C34H30Si.2CH3.Hf/c1-3-20-35(2,29-21-27-16-10-18-31(33(27)23-29)25-12-6-4-7-13-25)30-22-28-17-11-19-32(34(28)24-30)26-14-8-5-9-15-26;;;/h4-19,21-24H,3,20H2,1-2H3;2*1H3;/q-2;2*-1;+4. The van der Waals surface area contributed by atoms with Crippen molar-refractivity contribution >= 4 is 40.0 Å². The van der Waals surface area contributed by atoms with Crippen LogP contribution < -0.4 is 10.4 Å². The second kappa shape index (κ2) is 12.4. The van der Waals surface area contributed by atoms with E-state index in [0.29, 0.717) is 0 Å². The summed E-state index contributed by atoms with van der Waals surface area (Å²) in [6.07, 6.45) is 1.20. The summed E-state index contributed by atoms with van der Waals surface area (Å²) >= 11 is 0. The average Bonchev–Trinajstić information content (AvgIpc) is 3.55. The summed E-state index contributed by atoms with van der Waals surface area (Å²) in [6, 6.07) is 46.3. The fraction of sp³-hybridized carbons (Fsp3) is 0.111. The molecule has 0 spiro atoms. The van der Waals surface area contributed by atoms with Crippen LogP contribution in [-0.4, -0.2) is 8.07 Å². The van der Waals surface area contributed by atoms with E-state index in [0.717, 1.165) is 0 Å². The number of benzene rings is 4. The smallest absolute Gasteiger partial charge is 0.358 e. The Kier molecular flexibility index (Phi) is 9.68. The minimum atomic E-state index is -1.92. The molecular weight excluding hydrogens is 639 g/mol. The van der Waals surface area contributed by atoms with E-state index in [1.54, 1.807) is 10.4 Å². The van der Waals surface area contributed by atoms with Crippen molar-refractivity contribution < 1.29 is 25.8 Å². The maximum Gasteiger partial charge on any atom is 4.00 e. The van der Waals surface area contributed by atoms with Crippen LogP contribution >= 0.6 is 0 Å². The minimum Gasteiger partial charge on any atom is -0.358 e. The second-order valence-electron chi connectivity index (χ2n) is 9.92. The SMILES string of the molecule is CCC[Si](C)(c1cc2c(-c3ccccc3)cccc2[cH-]1)c1cc2c(-c3ccccc3)cccc2[cH-]1.[CH3-].[CH3-].[Hf+4]. The molecule has 6 aromatic carbocycles. The molecule has 0 nitrogen and oxygen atoms in total. The zero-order valence-electron chi connectivity index (χ0n) is 23.0. The van der Waals surface area contributed by atoms with E-state index in [1.165, 1.54) is 56.3 Å². The van der Waals surface area contributed by atoms with Crippen LogP contribution in [0.25, 0.3) is 43.8 Å². The minimum absolute atomic E-state index is 0. The third kappa shape index (κ3) is 5.22. The fourth-order valence-corrected chi connectivity index (χ4v) is 9.59. The van der Waals surface area contributed by atoms with E-state index in [9.17, 15) is 0 Å². The summed E-state index contributed by atoms with van der Waals surface area (Å²) in [5.41, 5.74) is 5.25. The van der Waals surface area contributed by atoms with Gasteiger partial charge >= 0.3 is 25.8 Å². The van der Waals surface area contributed by atoms with Gasteiger partial charge in [-0.25, -0.2) is 0 Å². The van der Waals surface area contributed by atoms with Crippen molar-refractivity contribution in [1.29, 1.82) is 0 Å². The molecule has 0 amide bonds. The van der Waals surface area contributed by atoms with Crippen molar-refractivity contribution in [1.82, 2.24) is 0 Å². The van der Waals surface area contributed by atoms with Crippen LogP contribution in [0.2, 0.25) is 12.6 Å². The molecule has 0 atom stereocenters. The summed E-state index contributed by atoms with van der Waals surface area (Å²) in [5, 5.41) is 8.58. The zero-order valence-corrected chi connectivity index (χ0v) is 27.6. The summed E-state index contributed by atoms with van der Waals surface area (Å²) in [7, 11) is -1.92. The molecule has 0 aliphatic heterocycles. The Labute approximate surface area is 248 Å². The van der Waals surface area contributed by atoms with Gasteiger partial charge in [-0.2, -0.15) is 12.1 Å². The summed E-state index contributed by atoms with van der Waals surface area (Å²) in [6.45, 7) is 4.91. The molecule has 0 fully saturated rings. The predicted molar refractivity (Wildman–Crippen MR) is 169 cm³/mol. The molecule has 0 unspecified atom stereocenters. The maximum atomic E-state index is 2.57. The third-order valence-electron chi connectivity index (χ3n) is 7.70. The van der Waals surface area contributed by atoms with Crippen LogP contribution in [0.15, 0.2) is 121 Å². The monoisotopic (exact) mass is 676 g/mol. The Bertz CT molecular complexity index is 1490.